The van der Waals surface area contributed by atoms with Crippen molar-refractivity contribution in [2.24, 2.45) is 5.92 Å². The molecule has 0 amide bonds. The number of piperazine rings is 1. The Morgan fingerprint density at radius 1 is 1.10 bits per heavy atom. The molecule has 0 unspecified atom stereocenters. The smallest absolute Gasteiger partial charge is 0.128 e. The number of aromatic nitrogens is 1. The average molecular weight is 288 g/mol. The molecule has 2 N–H and O–H groups in total. The lowest BCUT2D eigenvalue weighted by Gasteiger charge is -2.42. The van der Waals surface area contributed by atoms with Crippen LogP contribution in [-0.4, -0.2) is 42.1 Å². The van der Waals surface area contributed by atoms with Crippen molar-refractivity contribution >= 4 is 11.5 Å². The van der Waals surface area contributed by atoms with Gasteiger partial charge in [0, 0.05) is 32.2 Å². The Bertz CT molecular complexity index is 429. The molecule has 1 aromatic rings. The van der Waals surface area contributed by atoms with Crippen molar-refractivity contribution in [3.63, 3.8) is 0 Å². The molecule has 1 aliphatic carbocycles. The van der Waals surface area contributed by atoms with Gasteiger partial charge in [0.2, 0.25) is 0 Å². The molecule has 0 spiro atoms. The van der Waals surface area contributed by atoms with Crippen molar-refractivity contribution in [2.45, 2.75) is 45.1 Å². The van der Waals surface area contributed by atoms with Gasteiger partial charge in [0.05, 0.1) is 11.9 Å². The molecule has 116 valence electrons. The van der Waals surface area contributed by atoms with Gasteiger partial charge in [-0.05, 0) is 43.7 Å². The Balaban J connectivity index is 1.50. The first-order valence-electron chi connectivity index (χ1n) is 8.46. The lowest BCUT2D eigenvalue weighted by Crippen LogP contribution is -2.51. The summed E-state index contributed by atoms with van der Waals surface area (Å²) in [5.74, 6) is 2.06. The maximum atomic E-state index is 5.71. The molecule has 4 heteroatoms. The Morgan fingerprint density at radius 2 is 1.81 bits per heavy atom. The van der Waals surface area contributed by atoms with E-state index < -0.39 is 0 Å². The van der Waals surface area contributed by atoms with Gasteiger partial charge in [-0.2, -0.15) is 0 Å². The summed E-state index contributed by atoms with van der Waals surface area (Å²) in [6, 6.07) is 4.81. The van der Waals surface area contributed by atoms with Crippen LogP contribution in [0.5, 0.6) is 0 Å². The van der Waals surface area contributed by atoms with Gasteiger partial charge < -0.3 is 10.6 Å². The maximum Gasteiger partial charge on any atom is 0.128 e. The van der Waals surface area contributed by atoms with E-state index in [0.29, 0.717) is 0 Å². The molecule has 2 fully saturated rings. The predicted molar refractivity (Wildman–Crippen MR) is 88.5 cm³/mol. The van der Waals surface area contributed by atoms with Gasteiger partial charge in [0.1, 0.15) is 5.82 Å². The van der Waals surface area contributed by atoms with E-state index in [9.17, 15) is 0 Å². The third kappa shape index (κ3) is 3.49. The van der Waals surface area contributed by atoms with Crippen LogP contribution in [0.15, 0.2) is 18.3 Å². The normalized spacial score (nSPS) is 27.8. The predicted octanol–water partition coefficient (Wildman–Crippen LogP) is 2.75. The van der Waals surface area contributed by atoms with E-state index in [0.717, 1.165) is 36.6 Å². The topological polar surface area (TPSA) is 45.4 Å². The monoisotopic (exact) mass is 288 g/mol. The van der Waals surface area contributed by atoms with Gasteiger partial charge in [0.25, 0.3) is 0 Å². The van der Waals surface area contributed by atoms with Gasteiger partial charge in [-0.15, -0.1) is 0 Å². The Labute approximate surface area is 128 Å². The number of pyridine rings is 1. The minimum absolute atomic E-state index is 0.741. The second-order valence-electron chi connectivity index (χ2n) is 6.56. The van der Waals surface area contributed by atoms with Gasteiger partial charge in [-0.25, -0.2) is 4.98 Å². The fourth-order valence-corrected chi connectivity index (χ4v) is 3.82. The zero-order valence-corrected chi connectivity index (χ0v) is 13.2. The van der Waals surface area contributed by atoms with Crippen molar-refractivity contribution in [1.82, 2.24) is 9.88 Å². The van der Waals surface area contributed by atoms with E-state index in [1.54, 1.807) is 6.20 Å². The average Bonchev–Trinajstić information content (AvgIpc) is 2.56. The molecular weight excluding hydrogens is 260 g/mol. The minimum atomic E-state index is 0.741. The highest BCUT2D eigenvalue weighted by Crippen LogP contribution is 2.30. The number of nitrogen functional groups attached to an aromatic ring is 1. The second-order valence-corrected chi connectivity index (χ2v) is 6.56. The number of anilines is 2. The van der Waals surface area contributed by atoms with Crippen LogP contribution < -0.4 is 10.6 Å². The SMILES string of the molecule is CCC1CCC(N2CCN(c3ccc(N)cn3)CC2)CC1. The van der Waals surface area contributed by atoms with E-state index in [1.807, 2.05) is 12.1 Å². The highest BCUT2D eigenvalue weighted by Gasteiger charge is 2.27. The quantitative estimate of drug-likeness (QED) is 0.929. The fraction of sp³-hybridized carbons (Fsp3) is 0.706. The number of nitrogens with two attached hydrogens (primary N) is 1. The van der Waals surface area contributed by atoms with Crippen LogP contribution in [0.1, 0.15) is 39.0 Å². The van der Waals surface area contributed by atoms with E-state index in [-0.39, 0.29) is 0 Å². The van der Waals surface area contributed by atoms with Crippen LogP contribution in [-0.2, 0) is 0 Å². The van der Waals surface area contributed by atoms with Crippen molar-refractivity contribution in [3.8, 4) is 0 Å². The third-order valence-corrected chi connectivity index (χ3v) is 5.32. The molecule has 0 bridgehead atoms. The van der Waals surface area contributed by atoms with Gasteiger partial charge in [0.15, 0.2) is 0 Å². The zero-order chi connectivity index (χ0) is 14.7. The van der Waals surface area contributed by atoms with Crippen molar-refractivity contribution < 1.29 is 0 Å². The summed E-state index contributed by atoms with van der Waals surface area (Å²) in [6.07, 6.45) is 8.79. The number of hydrogen-bond donors (Lipinski definition) is 1. The molecule has 3 rings (SSSR count). The third-order valence-electron chi connectivity index (χ3n) is 5.32. The molecular formula is C17H28N4. The lowest BCUT2D eigenvalue weighted by molar-refractivity contribution is 0.128. The molecule has 21 heavy (non-hydrogen) atoms. The Kier molecular flexibility index (Phi) is 4.63. The lowest BCUT2D eigenvalue weighted by atomic mass is 9.84. The summed E-state index contributed by atoms with van der Waals surface area (Å²) in [4.78, 5) is 9.53. The van der Waals surface area contributed by atoms with Crippen molar-refractivity contribution in [3.05, 3.63) is 18.3 Å². The van der Waals surface area contributed by atoms with E-state index in [4.69, 9.17) is 5.73 Å². The van der Waals surface area contributed by atoms with Crippen LogP contribution in [0.2, 0.25) is 0 Å². The zero-order valence-electron chi connectivity index (χ0n) is 13.2. The highest BCUT2D eigenvalue weighted by molar-refractivity contribution is 5.46. The highest BCUT2D eigenvalue weighted by atomic mass is 15.3. The summed E-state index contributed by atoms with van der Waals surface area (Å²) in [6.45, 7) is 6.86. The molecule has 0 radical (unpaired) electrons. The minimum Gasteiger partial charge on any atom is -0.397 e. The van der Waals surface area contributed by atoms with E-state index in [2.05, 4.69) is 21.7 Å². The molecule has 2 heterocycles. The summed E-state index contributed by atoms with van der Waals surface area (Å²) in [5, 5.41) is 0. The number of rotatable bonds is 3. The fourth-order valence-electron chi connectivity index (χ4n) is 3.82. The molecule has 0 aromatic carbocycles. The first-order valence-corrected chi connectivity index (χ1v) is 8.46. The first-order chi connectivity index (χ1) is 10.3. The standard InChI is InChI=1S/C17H28N4/c1-2-14-3-6-16(7-4-14)20-9-11-21(12-10-20)17-8-5-15(18)13-19-17/h5,8,13-14,16H,2-4,6-7,9-12,18H2,1H3. The summed E-state index contributed by atoms with van der Waals surface area (Å²) in [5.41, 5.74) is 6.45. The van der Waals surface area contributed by atoms with E-state index in [1.165, 1.54) is 45.2 Å². The summed E-state index contributed by atoms with van der Waals surface area (Å²) >= 11 is 0. The van der Waals surface area contributed by atoms with Crippen LogP contribution >= 0.6 is 0 Å². The summed E-state index contributed by atoms with van der Waals surface area (Å²) in [7, 11) is 0. The molecule has 1 aliphatic heterocycles. The van der Waals surface area contributed by atoms with Crippen LogP contribution in [0.4, 0.5) is 11.5 Å². The summed E-state index contributed by atoms with van der Waals surface area (Å²) < 4.78 is 0. The van der Waals surface area contributed by atoms with E-state index >= 15 is 0 Å². The molecule has 0 atom stereocenters. The molecule has 2 aliphatic rings. The Morgan fingerprint density at radius 3 is 2.38 bits per heavy atom. The number of nitrogens with zero attached hydrogens (tertiary/aromatic N) is 3. The maximum absolute atomic E-state index is 5.71. The largest absolute Gasteiger partial charge is 0.397 e. The molecule has 1 aromatic heterocycles. The van der Waals surface area contributed by atoms with Gasteiger partial charge in [-0.1, -0.05) is 13.3 Å². The van der Waals surface area contributed by atoms with Gasteiger partial charge in [-0.3, -0.25) is 4.90 Å². The van der Waals surface area contributed by atoms with Gasteiger partial charge >= 0.3 is 0 Å². The second kappa shape index (κ2) is 6.65. The molecule has 1 saturated carbocycles. The van der Waals surface area contributed by atoms with Crippen molar-refractivity contribution in [1.29, 1.82) is 0 Å². The molecule has 1 saturated heterocycles. The molecule has 4 nitrogen and oxygen atoms in total. The Hall–Kier alpha value is -1.29. The first kappa shape index (κ1) is 14.6. The van der Waals surface area contributed by atoms with Crippen LogP contribution in [0.25, 0.3) is 0 Å². The van der Waals surface area contributed by atoms with Crippen LogP contribution in [0.3, 0.4) is 0 Å². The van der Waals surface area contributed by atoms with Crippen LogP contribution in [0, 0.1) is 5.92 Å². The number of hydrogen-bond acceptors (Lipinski definition) is 4. The van der Waals surface area contributed by atoms with Crippen molar-refractivity contribution in [2.75, 3.05) is 36.8 Å².